The van der Waals surface area contributed by atoms with Crippen LogP contribution in [0.15, 0.2) is 23.3 Å². The highest BCUT2D eigenvalue weighted by Gasteiger charge is 2.71. The molecule has 0 amide bonds. The van der Waals surface area contributed by atoms with E-state index in [2.05, 4.69) is 13.0 Å². The van der Waals surface area contributed by atoms with Crippen molar-refractivity contribution in [3.05, 3.63) is 23.3 Å². The molecule has 9 rings (SSSR count). The predicted molar refractivity (Wildman–Crippen MR) is 286 cm³/mol. The van der Waals surface area contributed by atoms with Gasteiger partial charge in [0, 0.05) is 77.4 Å². The van der Waals surface area contributed by atoms with E-state index in [-0.39, 0.29) is 47.6 Å². The number of aliphatic hydroxyl groups excluding tert-OH is 2. The molecule has 28 unspecified atom stereocenters. The van der Waals surface area contributed by atoms with Crippen molar-refractivity contribution in [2.45, 2.75) is 287 Å². The minimum absolute atomic E-state index is 0.0373. The molecule has 5 aliphatic heterocycles. The molecule has 20 heteroatoms. The first-order valence-electron chi connectivity index (χ1n) is 29.8. The molecule has 0 aromatic rings. The summed E-state index contributed by atoms with van der Waals surface area (Å²) in [6.45, 7) is 18.9. The average Bonchev–Trinajstić information content (AvgIpc) is 3.74. The van der Waals surface area contributed by atoms with E-state index in [1.807, 2.05) is 41.5 Å². The molecular weight excluding hydrogens is 1040 g/mol. The molecule has 5 saturated heterocycles. The lowest BCUT2D eigenvalue weighted by Gasteiger charge is -2.63. The maximum Gasteiger partial charge on any atom is 0.333 e. The average molecular weight is 1140 g/mol. The van der Waals surface area contributed by atoms with E-state index in [0.29, 0.717) is 56.9 Å². The van der Waals surface area contributed by atoms with Gasteiger partial charge in [0.2, 0.25) is 0 Å². The Hall–Kier alpha value is -2.06. The third-order valence-corrected chi connectivity index (χ3v) is 20.8. The molecule has 9 aliphatic rings. The van der Waals surface area contributed by atoms with Crippen molar-refractivity contribution in [2.75, 3.05) is 28.4 Å². The fourth-order valence-corrected chi connectivity index (χ4v) is 15.9. The number of Topliss-reactive ketones (excluding diaryl/α,β-unsaturated/α-hetero) is 1. The van der Waals surface area contributed by atoms with Crippen LogP contribution in [0.2, 0.25) is 0 Å². The highest BCUT2D eigenvalue weighted by atomic mass is 16.8. The van der Waals surface area contributed by atoms with Crippen molar-refractivity contribution in [2.24, 2.45) is 28.6 Å². The van der Waals surface area contributed by atoms with Crippen molar-refractivity contribution >= 4 is 11.8 Å². The zero-order valence-electron chi connectivity index (χ0n) is 49.9. The number of aliphatic hydroxyl groups is 3. The maximum absolute atomic E-state index is 13.4. The lowest BCUT2D eigenvalue weighted by Crippen LogP contribution is -2.66. The zero-order chi connectivity index (χ0) is 57.7. The highest BCUT2D eigenvalue weighted by molar-refractivity contribution is 5.88. The Kier molecular flexibility index (Phi) is 19.9. The van der Waals surface area contributed by atoms with Gasteiger partial charge in [-0.05, 0) is 118 Å². The molecule has 0 spiro atoms. The fraction of sp³-hybridized carbons (Fsp3) is 0.900. The molecule has 456 valence electrons. The SMILES string of the molecule is CC=C(C)C(=O)OC1CC2C(CC=C3CC(OC4CC(OC)C(OC5CC(OC)C(OC6CC(OC)C(OC7CC(OC)C(OC8CC(O)C(O)C(C)O8)C(C)O7)C(C)O6)C(C)O5)C(C)O4)CCC32C)C2(O)CCC(C(C)=O)C12C. The van der Waals surface area contributed by atoms with Crippen LogP contribution in [0.1, 0.15) is 146 Å². The van der Waals surface area contributed by atoms with Gasteiger partial charge in [0.15, 0.2) is 31.5 Å². The molecule has 3 saturated carbocycles. The van der Waals surface area contributed by atoms with Crippen LogP contribution in [0.4, 0.5) is 0 Å². The lowest BCUT2D eigenvalue weighted by molar-refractivity contribution is -0.352. The predicted octanol–water partition coefficient (Wildman–Crippen LogP) is 6.14. The summed E-state index contributed by atoms with van der Waals surface area (Å²) in [5.41, 5.74) is -0.472. The van der Waals surface area contributed by atoms with E-state index in [4.69, 9.17) is 71.1 Å². The first-order valence-corrected chi connectivity index (χ1v) is 29.8. The number of carbonyl (C=O) groups is 2. The quantitative estimate of drug-likeness (QED) is 0.0843. The first kappa shape index (κ1) is 62.5. The van der Waals surface area contributed by atoms with E-state index in [9.17, 15) is 24.9 Å². The van der Waals surface area contributed by atoms with Crippen LogP contribution in [0.5, 0.6) is 0 Å². The monoisotopic (exact) mass is 1140 g/mol. The van der Waals surface area contributed by atoms with E-state index in [1.54, 1.807) is 55.3 Å². The highest BCUT2D eigenvalue weighted by Crippen LogP contribution is 2.69. The number of ketones is 1. The molecule has 20 nitrogen and oxygen atoms in total. The second-order valence-electron chi connectivity index (χ2n) is 25.2. The molecule has 0 radical (unpaired) electrons. The second kappa shape index (κ2) is 25.5. The first-order chi connectivity index (χ1) is 38.0. The Balaban J connectivity index is 0.764. The Morgan fingerprint density at radius 1 is 0.600 bits per heavy atom. The van der Waals surface area contributed by atoms with Crippen molar-refractivity contribution < 1.29 is 96.0 Å². The van der Waals surface area contributed by atoms with Gasteiger partial charge in [-0.15, -0.1) is 0 Å². The van der Waals surface area contributed by atoms with Gasteiger partial charge in [0.25, 0.3) is 0 Å². The Morgan fingerprint density at radius 2 is 1.04 bits per heavy atom. The van der Waals surface area contributed by atoms with Crippen molar-refractivity contribution in [1.82, 2.24) is 0 Å². The number of hydrogen-bond acceptors (Lipinski definition) is 20. The summed E-state index contributed by atoms with van der Waals surface area (Å²) in [6, 6.07) is 0. The number of ether oxygens (including phenoxy) is 15. The minimum Gasteiger partial charge on any atom is -0.458 e. The lowest BCUT2D eigenvalue weighted by atomic mass is 9.45. The molecule has 0 aromatic carbocycles. The van der Waals surface area contributed by atoms with Crippen LogP contribution >= 0.6 is 0 Å². The van der Waals surface area contributed by atoms with Gasteiger partial charge in [-0.3, -0.25) is 4.79 Å². The molecule has 28 atom stereocenters. The van der Waals surface area contributed by atoms with Gasteiger partial charge in [0.05, 0.1) is 72.7 Å². The smallest absolute Gasteiger partial charge is 0.333 e. The molecule has 0 aromatic heterocycles. The van der Waals surface area contributed by atoms with Crippen molar-refractivity contribution in [3.8, 4) is 0 Å². The molecule has 3 N–H and O–H groups in total. The van der Waals surface area contributed by atoms with Gasteiger partial charge in [-0.25, -0.2) is 4.79 Å². The molecule has 80 heavy (non-hydrogen) atoms. The largest absolute Gasteiger partial charge is 0.458 e. The van der Waals surface area contributed by atoms with Gasteiger partial charge < -0.3 is 86.4 Å². The van der Waals surface area contributed by atoms with Crippen molar-refractivity contribution in [3.63, 3.8) is 0 Å². The summed E-state index contributed by atoms with van der Waals surface area (Å²) in [5.74, 6) is -0.755. The zero-order valence-corrected chi connectivity index (χ0v) is 49.9. The number of allylic oxidation sites excluding steroid dienone is 2. The van der Waals surface area contributed by atoms with E-state index in [1.165, 1.54) is 5.57 Å². The van der Waals surface area contributed by atoms with Gasteiger partial charge in [-0.1, -0.05) is 31.6 Å². The summed E-state index contributed by atoms with van der Waals surface area (Å²) in [5, 5.41) is 33.4. The third-order valence-electron chi connectivity index (χ3n) is 20.8. The molecule has 0 bridgehead atoms. The molecule has 5 heterocycles. The summed E-state index contributed by atoms with van der Waals surface area (Å²) in [7, 11) is 6.59. The Morgan fingerprint density at radius 3 is 1.46 bits per heavy atom. The molecule has 8 fully saturated rings. The van der Waals surface area contributed by atoms with Crippen LogP contribution < -0.4 is 0 Å². The van der Waals surface area contributed by atoms with E-state index < -0.39 is 140 Å². The summed E-state index contributed by atoms with van der Waals surface area (Å²) < 4.78 is 95.3. The van der Waals surface area contributed by atoms with Gasteiger partial charge >= 0.3 is 5.97 Å². The Labute approximate surface area is 473 Å². The maximum atomic E-state index is 13.4. The standard InChI is InChI=1S/C60H96O20/c1-15-29(2)57(64)76-46-23-40-39(60(65)21-19-38(30(3)61)59(46,60)10)17-16-36-22-37(18-20-58(36,40)9)75-48-25-42(66-11)54(32(5)71-48)78-50-27-44(68-13)56(34(7)73-50)80-51-28-45(69-14)55(35(8)74-51)79-49-26-43(67-12)53(33(6)72-49)77-47-24-41(62)52(63)31(4)70-47/h15-16,31-35,37-56,62-63,65H,17-28H2,1-14H3. The van der Waals surface area contributed by atoms with Crippen LogP contribution in [0.25, 0.3) is 0 Å². The van der Waals surface area contributed by atoms with Crippen LogP contribution in [0, 0.1) is 28.6 Å². The number of hydrogen-bond donors (Lipinski definition) is 3. The number of esters is 1. The normalized spacial score (nSPS) is 49.9. The topological polar surface area (TPSA) is 233 Å². The Bertz CT molecular complexity index is 2170. The fourth-order valence-electron chi connectivity index (χ4n) is 15.9. The summed E-state index contributed by atoms with van der Waals surface area (Å²) in [6.07, 6.45) is -1.24. The second-order valence-corrected chi connectivity index (χ2v) is 25.2. The van der Waals surface area contributed by atoms with Gasteiger partial charge in [0.1, 0.15) is 42.4 Å². The molecule has 4 aliphatic carbocycles. The number of rotatable bonds is 17. The summed E-state index contributed by atoms with van der Waals surface area (Å²) in [4.78, 5) is 26.6. The summed E-state index contributed by atoms with van der Waals surface area (Å²) >= 11 is 0. The van der Waals surface area contributed by atoms with E-state index >= 15 is 0 Å². The minimum atomic E-state index is -1.16. The van der Waals surface area contributed by atoms with Crippen LogP contribution in [0.3, 0.4) is 0 Å². The third kappa shape index (κ3) is 12.1. The number of methoxy groups -OCH3 is 4. The number of carbonyl (C=O) groups excluding carboxylic acids is 2. The van der Waals surface area contributed by atoms with E-state index in [0.717, 1.165) is 19.3 Å². The van der Waals surface area contributed by atoms with Crippen LogP contribution in [-0.4, -0.2) is 196 Å². The number of fused-ring (bicyclic) bond motifs is 5. The van der Waals surface area contributed by atoms with Crippen LogP contribution in [-0.2, 0) is 80.6 Å². The van der Waals surface area contributed by atoms with Crippen molar-refractivity contribution in [1.29, 1.82) is 0 Å². The molecular formula is C60H96O20. The van der Waals surface area contributed by atoms with Gasteiger partial charge in [-0.2, -0.15) is 0 Å².